The molecule has 4 rings (SSSR count). The number of hydrogen-bond donors (Lipinski definition) is 0. The lowest BCUT2D eigenvalue weighted by Gasteiger charge is -2.26. The highest BCUT2D eigenvalue weighted by Gasteiger charge is 2.37. The topological polar surface area (TPSA) is 55.8 Å². The predicted octanol–water partition coefficient (Wildman–Crippen LogP) is 4.38. The molecule has 0 spiro atoms. The molecule has 3 aromatic carbocycles. The Morgan fingerprint density at radius 2 is 1.71 bits per heavy atom. The van der Waals surface area contributed by atoms with E-state index in [1.807, 2.05) is 42.5 Å². The molecule has 1 unspecified atom stereocenters. The minimum absolute atomic E-state index is 0.252. The number of hydrogen-bond acceptors (Lipinski definition) is 4. The Morgan fingerprint density at radius 3 is 2.46 bits per heavy atom. The summed E-state index contributed by atoms with van der Waals surface area (Å²) in [5, 5.41) is 1.94. The molecule has 146 valence electrons. The van der Waals surface area contributed by atoms with Crippen molar-refractivity contribution in [3.63, 3.8) is 0 Å². The van der Waals surface area contributed by atoms with Gasteiger partial charge >= 0.3 is 0 Å². The van der Waals surface area contributed by atoms with Crippen molar-refractivity contribution in [1.82, 2.24) is 4.31 Å². The summed E-state index contributed by atoms with van der Waals surface area (Å²) in [6, 6.07) is 18.4. The zero-order chi connectivity index (χ0) is 19.7. The second-order valence-electron chi connectivity index (χ2n) is 6.89. The van der Waals surface area contributed by atoms with Gasteiger partial charge in [-0.1, -0.05) is 36.4 Å². The monoisotopic (exact) mass is 397 g/mol. The smallest absolute Gasteiger partial charge is 0.243 e. The molecule has 1 aliphatic heterocycles. The maximum Gasteiger partial charge on any atom is 0.243 e. The second-order valence-corrected chi connectivity index (χ2v) is 8.78. The first kappa shape index (κ1) is 18.8. The van der Waals surface area contributed by atoms with Crippen molar-refractivity contribution < 1.29 is 17.9 Å². The number of rotatable bonds is 5. The molecule has 28 heavy (non-hydrogen) atoms. The van der Waals surface area contributed by atoms with E-state index in [0.29, 0.717) is 22.9 Å². The molecule has 0 N–H and O–H groups in total. The van der Waals surface area contributed by atoms with E-state index >= 15 is 0 Å². The van der Waals surface area contributed by atoms with Gasteiger partial charge in [0.2, 0.25) is 10.0 Å². The van der Waals surface area contributed by atoms with Crippen LogP contribution in [0.2, 0.25) is 0 Å². The van der Waals surface area contributed by atoms with Gasteiger partial charge in [-0.25, -0.2) is 8.42 Å². The number of methoxy groups -OCH3 is 2. The lowest BCUT2D eigenvalue weighted by molar-refractivity contribution is 0.361. The fourth-order valence-corrected chi connectivity index (χ4v) is 5.61. The van der Waals surface area contributed by atoms with Gasteiger partial charge in [0.1, 0.15) is 11.5 Å². The van der Waals surface area contributed by atoms with Crippen LogP contribution in [0.5, 0.6) is 11.5 Å². The van der Waals surface area contributed by atoms with Gasteiger partial charge in [0.05, 0.1) is 25.2 Å². The molecule has 0 saturated carbocycles. The van der Waals surface area contributed by atoms with Crippen molar-refractivity contribution in [2.75, 3.05) is 20.8 Å². The molecular formula is C22H23NO4S. The van der Waals surface area contributed by atoms with Gasteiger partial charge in [0.15, 0.2) is 0 Å². The van der Waals surface area contributed by atoms with E-state index in [-0.39, 0.29) is 6.04 Å². The van der Waals surface area contributed by atoms with Crippen LogP contribution in [0, 0.1) is 0 Å². The van der Waals surface area contributed by atoms with E-state index in [1.165, 1.54) is 0 Å². The third-order valence-corrected chi connectivity index (χ3v) is 7.24. The number of fused-ring (bicyclic) bond motifs is 1. The Kier molecular flexibility index (Phi) is 5.00. The molecule has 0 radical (unpaired) electrons. The normalized spacial score (nSPS) is 17.7. The molecule has 3 aromatic rings. The molecule has 1 saturated heterocycles. The summed E-state index contributed by atoms with van der Waals surface area (Å²) in [5.74, 6) is 1.33. The van der Waals surface area contributed by atoms with E-state index in [1.54, 1.807) is 36.7 Å². The summed E-state index contributed by atoms with van der Waals surface area (Å²) >= 11 is 0. The zero-order valence-corrected chi connectivity index (χ0v) is 16.8. The summed E-state index contributed by atoms with van der Waals surface area (Å²) in [6.45, 7) is 0.495. The van der Waals surface area contributed by atoms with Crippen molar-refractivity contribution in [3.8, 4) is 11.5 Å². The van der Waals surface area contributed by atoms with Crippen LogP contribution in [0.25, 0.3) is 10.8 Å². The maximum absolute atomic E-state index is 13.4. The van der Waals surface area contributed by atoms with Crippen LogP contribution in [0.1, 0.15) is 24.4 Å². The molecule has 1 atom stereocenters. The van der Waals surface area contributed by atoms with Crippen LogP contribution >= 0.6 is 0 Å². The largest absolute Gasteiger partial charge is 0.497 e. The number of ether oxygens (including phenoxy) is 2. The van der Waals surface area contributed by atoms with Crippen molar-refractivity contribution in [1.29, 1.82) is 0 Å². The van der Waals surface area contributed by atoms with E-state index in [4.69, 9.17) is 9.47 Å². The Hall–Kier alpha value is -2.57. The van der Waals surface area contributed by atoms with Crippen LogP contribution in [0.4, 0.5) is 0 Å². The Balaban J connectivity index is 1.74. The Bertz CT molecular complexity index is 1110. The maximum atomic E-state index is 13.4. The summed E-state index contributed by atoms with van der Waals surface area (Å²) in [4.78, 5) is 0.325. The first-order valence-electron chi connectivity index (χ1n) is 9.27. The highest BCUT2D eigenvalue weighted by Crippen LogP contribution is 2.41. The minimum Gasteiger partial charge on any atom is -0.497 e. The average Bonchev–Trinajstić information content (AvgIpc) is 3.23. The van der Waals surface area contributed by atoms with Crippen LogP contribution in [-0.4, -0.2) is 33.5 Å². The molecule has 1 heterocycles. The van der Waals surface area contributed by atoms with Gasteiger partial charge in [0, 0.05) is 18.2 Å². The zero-order valence-electron chi connectivity index (χ0n) is 16.0. The van der Waals surface area contributed by atoms with E-state index in [2.05, 4.69) is 0 Å². The SMILES string of the molecule is COc1ccc(C2CCCN2S(=O)(=O)c2ccc3ccccc3c2)c(OC)c1. The Labute approximate surface area is 165 Å². The van der Waals surface area contributed by atoms with Gasteiger partial charge in [-0.3, -0.25) is 0 Å². The number of benzene rings is 3. The molecule has 1 fully saturated rings. The van der Waals surface area contributed by atoms with Gasteiger partial charge in [-0.2, -0.15) is 4.31 Å². The third-order valence-electron chi connectivity index (χ3n) is 5.33. The molecular weight excluding hydrogens is 374 g/mol. The highest BCUT2D eigenvalue weighted by atomic mass is 32.2. The van der Waals surface area contributed by atoms with Crippen LogP contribution in [-0.2, 0) is 10.0 Å². The van der Waals surface area contributed by atoms with Crippen LogP contribution < -0.4 is 9.47 Å². The van der Waals surface area contributed by atoms with Gasteiger partial charge < -0.3 is 9.47 Å². The Morgan fingerprint density at radius 1 is 0.929 bits per heavy atom. The molecule has 0 aliphatic carbocycles. The molecule has 0 aromatic heterocycles. The highest BCUT2D eigenvalue weighted by molar-refractivity contribution is 7.89. The third kappa shape index (κ3) is 3.23. The van der Waals surface area contributed by atoms with Crippen molar-refractivity contribution in [2.45, 2.75) is 23.8 Å². The molecule has 0 amide bonds. The predicted molar refractivity (Wildman–Crippen MR) is 109 cm³/mol. The fourth-order valence-electron chi connectivity index (χ4n) is 3.90. The van der Waals surface area contributed by atoms with Crippen LogP contribution in [0.15, 0.2) is 65.6 Å². The standard InChI is InChI=1S/C22H23NO4S/c1-26-18-10-12-20(22(15-18)27-2)21-8-5-13-23(21)28(24,25)19-11-9-16-6-3-4-7-17(16)14-19/h3-4,6-7,9-12,14-15,21H,5,8,13H2,1-2H3. The molecule has 1 aliphatic rings. The average molecular weight is 397 g/mol. The van der Waals surface area contributed by atoms with Crippen molar-refractivity contribution >= 4 is 20.8 Å². The first-order chi connectivity index (χ1) is 13.5. The summed E-state index contributed by atoms with van der Waals surface area (Å²) in [7, 11) is -0.431. The molecule has 6 heteroatoms. The quantitative estimate of drug-likeness (QED) is 0.641. The lowest BCUT2D eigenvalue weighted by Crippen LogP contribution is -2.30. The van der Waals surface area contributed by atoms with Crippen molar-refractivity contribution in [2.24, 2.45) is 0 Å². The molecule has 5 nitrogen and oxygen atoms in total. The summed E-state index contributed by atoms with van der Waals surface area (Å²) in [5.41, 5.74) is 0.866. The van der Waals surface area contributed by atoms with Crippen molar-refractivity contribution in [3.05, 3.63) is 66.2 Å². The minimum atomic E-state index is -3.62. The number of nitrogens with zero attached hydrogens (tertiary/aromatic N) is 1. The van der Waals surface area contributed by atoms with Crippen LogP contribution in [0.3, 0.4) is 0 Å². The van der Waals surface area contributed by atoms with E-state index in [9.17, 15) is 8.42 Å². The number of sulfonamides is 1. The lowest BCUT2D eigenvalue weighted by atomic mass is 10.0. The summed E-state index contributed by atoms with van der Waals surface area (Å²) in [6.07, 6.45) is 1.57. The molecule has 0 bridgehead atoms. The summed E-state index contributed by atoms with van der Waals surface area (Å²) < 4.78 is 39.3. The van der Waals surface area contributed by atoms with E-state index in [0.717, 1.165) is 29.2 Å². The second kappa shape index (κ2) is 7.45. The van der Waals surface area contributed by atoms with Gasteiger partial charge in [-0.05, 0) is 41.8 Å². The first-order valence-corrected chi connectivity index (χ1v) is 10.7. The van der Waals surface area contributed by atoms with Gasteiger partial charge in [0.25, 0.3) is 0 Å². The van der Waals surface area contributed by atoms with Gasteiger partial charge in [-0.15, -0.1) is 0 Å². The van der Waals surface area contributed by atoms with E-state index < -0.39 is 10.0 Å². The fraction of sp³-hybridized carbons (Fsp3) is 0.273.